The van der Waals surface area contributed by atoms with Crippen LogP contribution < -0.4 is 10.9 Å². The van der Waals surface area contributed by atoms with Crippen molar-refractivity contribution in [2.75, 3.05) is 11.6 Å². The fourth-order valence-corrected chi connectivity index (χ4v) is 3.51. The third-order valence-corrected chi connectivity index (χ3v) is 5.62. The minimum absolute atomic E-state index is 0.00259. The fraction of sp³-hybridized carbons (Fsp3) is 0.368. The van der Waals surface area contributed by atoms with Crippen molar-refractivity contribution in [3.8, 4) is 0 Å². The van der Waals surface area contributed by atoms with Crippen LogP contribution in [0.3, 0.4) is 0 Å². The van der Waals surface area contributed by atoms with Gasteiger partial charge in [0.05, 0.1) is 0 Å². The average Bonchev–Trinajstić information content (AvgIpc) is 2.64. The molecule has 0 aliphatic rings. The van der Waals surface area contributed by atoms with Gasteiger partial charge in [-0.15, -0.1) is 0 Å². The van der Waals surface area contributed by atoms with Gasteiger partial charge in [-0.05, 0) is 36.1 Å². The Bertz CT molecular complexity index is 1220. The summed E-state index contributed by atoms with van der Waals surface area (Å²) in [5.74, 6) is 0.412. The Morgan fingerprint density at radius 1 is 1.24 bits per heavy atom. The first-order valence-corrected chi connectivity index (χ1v) is 11.3. The molecule has 3 rings (SSSR count). The number of sulfone groups is 1. The monoisotopic (exact) mass is 435 g/mol. The Hall–Kier alpha value is -2.52. The highest BCUT2D eigenvalue weighted by molar-refractivity contribution is 7.90. The number of halogens is 1. The normalized spacial score (nSPS) is 11.9. The number of anilines is 1. The van der Waals surface area contributed by atoms with Crippen LogP contribution in [0.4, 0.5) is 5.82 Å². The van der Waals surface area contributed by atoms with Crippen LogP contribution in [0.1, 0.15) is 25.0 Å². The quantitative estimate of drug-likeness (QED) is 0.593. The molecule has 0 saturated heterocycles. The summed E-state index contributed by atoms with van der Waals surface area (Å²) in [6.07, 6.45) is 2.56. The Kier molecular flexibility index (Phi) is 5.90. The lowest BCUT2D eigenvalue weighted by atomic mass is 10.2. The van der Waals surface area contributed by atoms with Gasteiger partial charge in [-0.1, -0.05) is 31.5 Å². The maximum atomic E-state index is 13.0. The zero-order valence-corrected chi connectivity index (χ0v) is 18.2. The number of rotatable bonds is 6. The summed E-state index contributed by atoms with van der Waals surface area (Å²) in [5.41, 5.74) is 2.22. The van der Waals surface area contributed by atoms with Crippen molar-refractivity contribution in [3.63, 3.8) is 0 Å². The van der Waals surface area contributed by atoms with E-state index in [2.05, 4.69) is 20.3 Å². The van der Waals surface area contributed by atoms with E-state index >= 15 is 0 Å². The zero-order chi connectivity index (χ0) is 21.3. The van der Waals surface area contributed by atoms with E-state index in [1.54, 1.807) is 16.7 Å². The first kappa shape index (κ1) is 21.2. The Balaban J connectivity index is 1.97. The van der Waals surface area contributed by atoms with Crippen LogP contribution in [0.15, 0.2) is 34.2 Å². The lowest BCUT2D eigenvalue weighted by Gasteiger charge is -2.15. The number of hydrogen-bond acceptors (Lipinski definition) is 7. The van der Waals surface area contributed by atoms with E-state index in [0.29, 0.717) is 22.9 Å². The van der Waals surface area contributed by atoms with Crippen molar-refractivity contribution in [2.45, 2.75) is 38.9 Å². The molecule has 0 radical (unpaired) electrons. The van der Waals surface area contributed by atoms with E-state index in [4.69, 9.17) is 11.6 Å². The van der Waals surface area contributed by atoms with Gasteiger partial charge in [0.15, 0.2) is 26.3 Å². The molecule has 0 aliphatic carbocycles. The van der Waals surface area contributed by atoms with Crippen LogP contribution in [0.5, 0.6) is 0 Å². The molecule has 3 heterocycles. The summed E-state index contributed by atoms with van der Waals surface area (Å²) in [6, 6.07) is 4.89. The van der Waals surface area contributed by atoms with E-state index in [1.807, 2.05) is 20.8 Å². The maximum absolute atomic E-state index is 13.0. The predicted octanol–water partition coefficient (Wildman–Crippen LogP) is 2.82. The molecule has 29 heavy (non-hydrogen) atoms. The molecule has 10 heteroatoms. The van der Waals surface area contributed by atoms with Gasteiger partial charge in [0.1, 0.15) is 10.7 Å². The van der Waals surface area contributed by atoms with Crippen molar-refractivity contribution in [1.29, 1.82) is 0 Å². The largest absolute Gasteiger partial charge is 0.361 e. The minimum atomic E-state index is -3.36. The van der Waals surface area contributed by atoms with E-state index in [1.165, 1.54) is 12.3 Å². The third-order valence-electron chi connectivity index (χ3n) is 4.23. The molecular weight excluding hydrogens is 414 g/mol. The number of pyridine rings is 2. The molecule has 0 aliphatic heterocycles. The molecule has 3 aromatic heterocycles. The Morgan fingerprint density at radius 2 is 1.97 bits per heavy atom. The van der Waals surface area contributed by atoms with Gasteiger partial charge in [0, 0.05) is 25.5 Å². The number of fused-ring (bicyclic) bond motifs is 1. The van der Waals surface area contributed by atoms with Gasteiger partial charge < -0.3 is 5.32 Å². The van der Waals surface area contributed by atoms with Gasteiger partial charge in [-0.3, -0.25) is 9.36 Å². The van der Waals surface area contributed by atoms with Crippen molar-refractivity contribution < 1.29 is 8.42 Å². The molecule has 0 aromatic carbocycles. The molecule has 3 aromatic rings. The lowest BCUT2D eigenvalue weighted by Crippen LogP contribution is -2.27. The second-order valence-corrected chi connectivity index (χ2v) is 9.66. The molecule has 1 N–H and O–H groups in total. The van der Waals surface area contributed by atoms with Crippen molar-refractivity contribution in [1.82, 2.24) is 19.5 Å². The maximum Gasteiger partial charge on any atom is 0.294 e. The van der Waals surface area contributed by atoms with Gasteiger partial charge >= 0.3 is 0 Å². The Morgan fingerprint density at radius 3 is 2.55 bits per heavy atom. The Labute approximate surface area is 173 Å². The summed E-state index contributed by atoms with van der Waals surface area (Å²) in [4.78, 5) is 25.7. The second kappa shape index (κ2) is 8.08. The van der Waals surface area contributed by atoms with Crippen LogP contribution in [0.2, 0.25) is 5.15 Å². The molecule has 154 valence electrons. The molecular formula is C19H22ClN5O3S. The van der Waals surface area contributed by atoms with Crippen LogP contribution in [0.25, 0.3) is 11.2 Å². The van der Waals surface area contributed by atoms with Crippen LogP contribution >= 0.6 is 11.6 Å². The number of aromatic nitrogens is 4. The SMILES string of the molecule is Cc1cc2nc(NCc3ccc(S(C)(=O)=O)nc3)c(=O)n(CC(C)C)c2nc1Cl. The van der Waals surface area contributed by atoms with Crippen molar-refractivity contribution >= 4 is 38.4 Å². The third kappa shape index (κ3) is 4.73. The molecule has 0 saturated carbocycles. The molecule has 8 nitrogen and oxygen atoms in total. The van der Waals surface area contributed by atoms with Crippen molar-refractivity contribution in [3.05, 3.63) is 51.0 Å². The zero-order valence-electron chi connectivity index (χ0n) is 16.6. The molecule has 0 atom stereocenters. The number of aryl methyl sites for hydroxylation is 1. The van der Waals surface area contributed by atoms with E-state index in [0.717, 1.165) is 17.4 Å². The molecule has 0 amide bonds. The average molecular weight is 436 g/mol. The highest BCUT2D eigenvalue weighted by Gasteiger charge is 2.15. The summed E-state index contributed by atoms with van der Waals surface area (Å²) in [6.45, 7) is 6.60. The first-order valence-electron chi connectivity index (χ1n) is 9.03. The van der Waals surface area contributed by atoms with Gasteiger partial charge in [-0.25, -0.2) is 23.4 Å². The van der Waals surface area contributed by atoms with Crippen LogP contribution in [0, 0.1) is 12.8 Å². The topological polar surface area (TPSA) is 107 Å². The highest BCUT2D eigenvalue weighted by Crippen LogP contribution is 2.19. The molecule has 0 fully saturated rings. The number of hydrogen-bond donors (Lipinski definition) is 1. The molecule has 0 bridgehead atoms. The van der Waals surface area contributed by atoms with Crippen LogP contribution in [-0.4, -0.2) is 34.2 Å². The second-order valence-electron chi connectivity index (χ2n) is 7.34. The summed E-state index contributed by atoms with van der Waals surface area (Å²) in [5, 5.41) is 3.38. The van der Waals surface area contributed by atoms with Gasteiger partial charge in [0.25, 0.3) is 5.56 Å². The van der Waals surface area contributed by atoms with Gasteiger partial charge in [0.2, 0.25) is 0 Å². The predicted molar refractivity (Wildman–Crippen MR) is 113 cm³/mol. The smallest absolute Gasteiger partial charge is 0.294 e. The molecule has 0 unspecified atom stereocenters. The number of nitrogens with one attached hydrogen (secondary N) is 1. The number of nitrogens with zero attached hydrogens (tertiary/aromatic N) is 4. The van der Waals surface area contributed by atoms with Crippen molar-refractivity contribution in [2.24, 2.45) is 5.92 Å². The standard InChI is InChI=1S/C19H22ClN5O3S/c1-11(2)10-25-18-14(7-12(3)16(20)24-18)23-17(19(25)26)22-9-13-5-6-15(21-8-13)29(4,27)28/h5-8,11H,9-10H2,1-4H3,(H,22,23). The van der Waals surface area contributed by atoms with E-state index < -0.39 is 9.84 Å². The summed E-state index contributed by atoms with van der Waals surface area (Å²) >= 11 is 6.15. The summed E-state index contributed by atoms with van der Waals surface area (Å²) < 4.78 is 24.6. The van der Waals surface area contributed by atoms with Crippen LogP contribution in [-0.2, 0) is 22.9 Å². The fourth-order valence-electron chi connectivity index (χ4n) is 2.81. The van der Waals surface area contributed by atoms with E-state index in [-0.39, 0.29) is 28.9 Å². The van der Waals surface area contributed by atoms with Gasteiger partial charge in [-0.2, -0.15) is 0 Å². The summed E-state index contributed by atoms with van der Waals surface area (Å²) in [7, 11) is -3.36. The molecule has 0 spiro atoms. The minimum Gasteiger partial charge on any atom is -0.361 e. The highest BCUT2D eigenvalue weighted by atomic mass is 35.5. The lowest BCUT2D eigenvalue weighted by molar-refractivity contribution is 0.520. The van der Waals surface area contributed by atoms with E-state index in [9.17, 15) is 13.2 Å². The first-order chi connectivity index (χ1) is 13.6.